The standard InChI is InChI=1S/C18H27NO/c1-13(2)11-18(10-9-17(20)19-18)12-15-5-7-16(8-6-15)14(3)4/h5-8,13-14H,9-12H2,1-4H3,(H,19,20). The molecule has 0 radical (unpaired) electrons. The molecule has 0 bridgehead atoms. The number of carbonyl (C=O) groups excluding carboxylic acids is 1. The summed E-state index contributed by atoms with van der Waals surface area (Å²) in [6.07, 6.45) is 3.66. The van der Waals surface area contributed by atoms with Gasteiger partial charge in [-0.15, -0.1) is 0 Å². The van der Waals surface area contributed by atoms with E-state index in [4.69, 9.17) is 0 Å². The molecule has 2 rings (SSSR count). The fraction of sp³-hybridized carbons (Fsp3) is 0.611. The van der Waals surface area contributed by atoms with Gasteiger partial charge in [0.15, 0.2) is 0 Å². The summed E-state index contributed by atoms with van der Waals surface area (Å²) in [5.41, 5.74) is 2.68. The molecule has 1 unspecified atom stereocenters. The van der Waals surface area contributed by atoms with Gasteiger partial charge in [0.1, 0.15) is 0 Å². The number of rotatable bonds is 5. The van der Waals surface area contributed by atoms with Crippen LogP contribution in [0.15, 0.2) is 24.3 Å². The molecule has 1 N–H and O–H groups in total. The topological polar surface area (TPSA) is 29.1 Å². The third kappa shape index (κ3) is 3.62. The van der Waals surface area contributed by atoms with Crippen molar-refractivity contribution in [2.75, 3.05) is 0 Å². The lowest BCUT2D eigenvalue weighted by Gasteiger charge is -2.31. The van der Waals surface area contributed by atoms with Gasteiger partial charge >= 0.3 is 0 Å². The third-order valence-corrected chi connectivity index (χ3v) is 4.22. The van der Waals surface area contributed by atoms with Crippen LogP contribution >= 0.6 is 0 Å². The van der Waals surface area contributed by atoms with Gasteiger partial charge in [0, 0.05) is 12.0 Å². The summed E-state index contributed by atoms with van der Waals surface area (Å²) >= 11 is 0. The summed E-state index contributed by atoms with van der Waals surface area (Å²) in [5.74, 6) is 1.38. The molecule has 1 fully saturated rings. The van der Waals surface area contributed by atoms with E-state index in [0.29, 0.717) is 18.3 Å². The van der Waals surface area contributed by atoms with Gasteiger partial charge in [-0.2, -0.15) is 0 Å². The first-order valence-corrected chi connectivity index (χ1v) is 7.80. The molecule has 0 saturated carbocycles. The monoisotopic (exact) mass is 273 g/mol. The fourth-order valence-corrected chi connectivity index (χ4v) is 3.32. The first-order chi connectivity index (χ1) is 9.40. The van der Waals surface area contributed by atoms with Crippen molar-refractivity contribution in [3.8, 4) is 0 Å². The van der Waals surface area contributed by atoms with E-state index in [0.717, 1.165) is 19.3 Å². The maximum atomic E-state index is 11.7. The van der Waals surface area contributed by atoms with Crippen LogP contribution < -0.4 is 5.32 Å². The molecule has 0 aliphatic carbocycles. The Balaban J connectivity index is 2.13. The van der Waals surface area contributed by atoms with Gasteiger partial charge < -0.3 is 5.32 Å². The lowest BCUT2D eigenvalue weighted by molar-refractivity contribution is -0.119. The van der Waals surface area contributed by atoms with Gasteiger partial charge in [-0.25, -0.2) is 0 Å². The highest BCUT2D eigenvalue weighted by molar-refractivity contribution is 5.79. The summed E-state index contributed by atoms with van der Waals surface area (Å²) in [6, 6.07) is 8.89. The van der Waals surface area contributed by atoms with Gasteiger partial charge in [-0.05, 0) is 42.2 Å². The SMILES string of the molecule is CC(C)CC1(Cc2ccc(C(C)C)cc2)CCC(=O)N1. The van der Waals surface area contributed by atoms with Crippen LogP contribution in [0.3, 0.4) is 0 Å². The van der Waals surface area contributed by atoms with E-state index in [1.165, 1.54) is 11.1 Å². The van der Waals surface area contributed by atoms with Crippen LogP contribution in [0.5, 0.6) is 0 Å². The van der Waals surface area contributed by atoms with Crippen LogP contribution in [0.4, 0.5) is 0 Å². The van der Waals surface area contributed by atoms with E-state index in [-0.39, 0.29) is 11.4 Å². The second kappa shape index (κ2) is 5.99. The van der Waals surface area contributed by atoms with E-state index in [1.807, 2.05) is 0 Å². The van der Waals surface area contributed by atoms with E-state index in [1.54, 1.807) is 0 Å². The molecule has 20 heavy (non-hydrogen) atoms. The molecule has 1 saturated heterocycles. The predicted octanol–water partition coefficient (Wildman–Crippen LogP) is 4.05. The summed E-state index contributed by atoms with van der Waals surface area (Å²) < 4.78 is 0. The van der Waals surface area contributed by atoms with Crippen molar-refractivity contribution >= 4 is 5.91 Å². The van der Waals surface area contributed by atoms with Gasteiger partial charge in [0.25, 0.3) is 0 Å². The average molecular weight is 273 g/mol. The number of hydrogen-bond acceptors (Lipinski definition) is 1. The zero-order valence-electron chi connectivity index (χ0n) is 13.2. The first kappa shape index (κ1) is 15.1. The number of benzene rings is 1. The normalized spacial score (nSPS) is 22.6. The van der Waals surface area contributed by atoms with Gasteiger partial charge in [0.2, 0.25) is 5.91 Å². The Kier molecular flexibility index (Phi) is 4.52. The van der Waals surface area contributed by atoms with Crippen LogP contribution in [-0.2, 0) is 11.2 Å². The highest BCUT2D eigenvalue weighted by atomic mass is 16.2. The Labute approximate surface area is 123 Å². The van der Waals surface area contributed by atoms with E-state index in [9.17, 15) is 4.79 Å². The summed E-state index contributed by atoms with van der Waals surface area (Å²) in [5, 5.41) is 3.25. The van der Waals surface area contributed by atoms with Crippen molar-refractivity contribution in [3.63, 3.8) is 0 Å². The summed E-state index contributed by atoms with van der Waals surface area (Å²) in [6.45, 7) is 8.89. The smallest absolute Gasteiger partial charge is 0.220 e. The minimum absolute atomic E-state index is 0.0232. The van der Waals surface area contributed by atoms with E-state index >= 15 is 0 Å². The number of hydrogen-bond donors (Lipinski definition) is 1. The van der Waals surface area contributed by atoms with Crippen molar-refractivity contribution in [1.82, 2.24) is 5.32 Å². The minimum Gasteiger partial charge on any atom is -0.350 e. The van der Waals surface area contributed by atoms with Gasteiger partial charge in [0.05, 0.1) is 0 Å². The second-order valence-corrected chi connectivity index (χ2v) is 7.00. The molecule has 2 heteroatoms. The second-order valence-electron chi connectivity index (χ2n) is 7.00. The summed E-state index contributed by atoms with van der Waals surface area (Å²) in [4.78, 5) is 11.7. The molecular weight excluding hydrogens is 246 g/mol. The van der Waals surface area contributed by atoms with Crippen molar-refractivity contribution in [1.29, 1.82) is 0 Å². The van der Waals surface area contributed by atoms with Crippen molar-refractivity contribution < 1.29 is 4.79 Å². The van der Waals surface area contributed by atoms with Crippen molar-refractivity contribution in [2.24, 2.45) is 5.92 Å². The van der Waals surface area contributed by atoms with Crippen molar-refractivity contribution in [2.45, 2.75) is 64.8 Å². The maximum absolute atomic E-state index is 11.7. The Bertz CT molecular complexity index is 461. The number of amides is 1. The first-order valence-electron chi connectivity index (χ1n) is 7.80. The van der Waals surface area contributed by atoms with Crippen molar-refractivity contribution in [3.05, 3.63) is 35.4 Å². The number of nitrogens with one attached hydrogen (secondary N) is 1. The zero-order chi connectivity index (χ0) is 14.8. The Hall–Kier alpha value is -1.31. The molecule has 110 valence electrons. The zero-order valence-corrected chi connectivity index (χ0v) is 13.2. The molecule has 1 atom stereocenters. The highest BCUT2D eigenvalue weighted by Crippen LogP contribution is 2.31. The lowest BCUT2D eigenvalue weighted by atomic mass is 9.82. The van der Waals surface area contributed by atoms with Gasteiger partial charge in [-0.3, -0.25) is 4.79 Å². The molecule has 1 aliphatic heterocycles. The molecule has 1 aromatic carbocycles. The Morgan fingerprint density at radius 3 is 2.25 bits per heavy atom. The predicted molar refractivity (Wildman–Crippen MR) is 83.8 cm³/mol. The summed E-state index contributed by atoms with van der Waals surface area (Å²) in [7, 11) is 0. The van der Waals surface area contributed by atoms with Crippen LogP contribution in [0.2, 0.25) is 0 Å². The quantitative estimate of drug-likeness (QED) is 0.861. The van der Waals surface area contributed by atoms with Gasteiger partial charge in [-0.1, -0.05) is 52.0 Å². The van der Waals surface area contributed by atoms with Crippen LogP contribution in [-0.4, -0.2) is 11.4 Å². The van der Waals surface area contributed by atoms with Crippen LogP contribution in [0.25, 0.3) is 0 Å². The molecule has 1 amide bonds. The molecular formula is C18H27NO. The third-order valence-electron chi connectivity index (χ3n) is 4.22. The van der Waals surface area contributed by atoms with Crippen LogP contribution in [0.1, 0.15) is 64.0 Å². The molecule has 1 aromatic rings. The fourth-order valence-electron chi connectivity index (χ4n) is 3.32. The van der Waals surface area contributed by atoms with E-state index < -0.39 is 0 Å². The highest BCUT2D eigenvalue weighted by Gasteiger charge is 2.37. The molecule has 1 heterocycles. The van der Waals surface area contributed by atoms with Crippen LogP contribution in [0, 0.1) is 5.92 Å². The Morgan fingerprint density at radius 1 is 1.15 bits per heavy atom. The average Bonchev–Trinajstić information content (AvgIpc) is 2.70. The minimum atomic E-state index is -0.0232. The van der Waals surface area contributed by atoms with E-state index in [2.05, 4.69) is 57.3 Å². The largest absolute Gasteiger partial charge is 0.350 e. The molecule has 1 aliphatic rings. The molecule has 2 nitrogen and oxygen atoms in total. The Morgan fingerprint density at radius 2 is 1.80 bits per heavy atom. The molecule has 0 aromatic heterocycles. The number of carbonyl (C=O) groups is 1. The maximum Gasteiger partial charge on any atom is 0.220 e. The lowest BCUT2D eigenvalue weighted by Crippen LogP contribution is -2.44. The molecule has 0 spiro atoms.